The third kappa shape index (κ3) is 57.0. The van der Waals surface area contributed by atoms with Crippen molar-refractivity contribution in [2.45, 2.75) is 348 Å². The summed E-state index contributed by atoms with van der Waals surface area (Å²) in [5, 5.41) is 0. The first-order valence-electron chi connectivity index (χ1n) is 30.9. The maximum Gasteiger partial charge on any atom is 0.306 e. The number of hydrogen-bond acceptors (Lipinski definition) is 5. The molecule has 5 nitrogen and oxygen atoms in total. The van der Waals surface area contributed by atoms with Crippen molar-refractivity contribution in [3.63, 3.8) is 0 Å². The number of hydrogen-bond donors (Lipinski definition) is 0. The number of unbranched alkanes of at least 4 members (excludes halogenated alkanes) is 43. The third-order valence-corrected chi connectivity index (χ3v) is 14.0. The van der Waals surface area contributed by atoms with Crippen LogP contribution in [-0.4, -0.2) is 37.9 Å². The molecular formula is C63H120O5. The van der Waals surface area contributed by atoms with E-state index in [0.29, 0.717) is 26.1 Å². The molecule has 0 aliphatic carbocycles. The molecule has 0 spiro atoms. The van der Waals surface area contributed by atoms with Gasteiger partial charge in [-0.15, -0.1) is 0 Å². The van der Waals surface area contributed by atoms with Gasteiger partial charge in [-0.1, -0.05) is 283 Å². The zero-order valence-electron chi connectivity index (χ0n) is 46.4. The molecule has 402 valence electrons. The van der Waals surface area contributed by atoms with Gasteiger partial charge in [-0.25, -0.2) is 0 Å². The van der Waals surface area contributed by atoms with E-state index < -0.39 is 6.10 Å². The normalized spacial score (nSPS) is 12.2. The van der Waals surface area contributed by atoms with Gasteiger partial charge in [-0.3, -0.25) is 9.59 Å². The van der Waals surface area contributed by atoms with Crippen molar-refractivity contribution in [1.82, 2.24) is 0 Å². The van der Waals surface area contributed by atoms with Crippen molar-refractivity contribution in [2.24, 2.45) is 0 Å². The van der Waals surface area contributed by atoms with Crippen LogP contribution in [0.1, 0.15) is 342 Å². The van der Waals surface area contributed by atoms with E-state index in [1.165, 1.54) is 263 Å². The molecule has 0 saturated heterocycles. The van der Waals surface area contributed by atoms with Crippen molar-refractivity contribution < 1.29 is 23.8 Å². The first-order chi connectivity index (χ1) is 33.6. The van der Waals surface area contributed by atoms with Crippen LogP contribution < -0.4 is 0 Å². The van der Waals surface area contributed by atoms with E-state index in [1.807, 2.05) is 0 Å². The molecule has 5 heteroatoms. The van der Waals surface area contributed by atoms with E-state index in [2.05, 4.69) is 45.1 Å². The Kier molecular flexibility index (Phi) is 58.3. The van der Waals surface area contributed by atoms with Gasteiger partial charge in [0.05, 0.1) is 6.61 Å². The van der Waals surface area contributed by atoms with Crippen LogP contribution in [0.3, 0.4) is 0 Å². The maximum atomic E-state index is 12.9. The second-order valence-electron chi connectivity index (χ2n) is 21.0. The molecule has 0 aromatic rings. The summed E-state index contributed by atoms with van der Waals surface area (Å²) in [6.45, 7) is 7.88. The van der Waals surface area contributed by atoms with E-state index in [1.54, 1.807) is 0 Å². The first-order valence-corrected chi connectivity index (χ1v) is 30.9. The minimum atomic E-state index is -0.536. The molecular weight excluding hydrogens is 837 g/mol. The molecule has 0 saturated carbocycles. The lowest BCUT2D eigenvalue weighted by atomic mass is 10.0. The van der Waals surface area contributed by atoms with E-state index in [-0.39, 0.29) is 18.5 Å². The van der Waals surface area contributed by atoms with Gasteiger partial charge in [-0.05, 0) is 70.6 Å². The van der Waals surface area contributed by atoms with Crippen molar-refractivity contribution in [3.05, 3.63) is 24.3 Å². The van der Waals surface area contributed by atoms with Crippen LogP contribution in [0.15, 0.2) is 24.3 Å². The summed E-state index contributed by atoms with van der Waals surface area (Å²) in [5.41, 5.74) is 0. The summed E-state index contributed by atoms with van der Waals surface area (Å²) >= 11 is 0. The Labute approximate surface area is 426 Å². The largest absolute Gasteiger partial charge is 0.462 e. The Bertz CT molecular complexity index is 1040. The summed E-state index contributed by atoms with van der Waals surface area (Å²) in [6, 6.07) is 0. The minimum Gasteiger partial charge on any atom is -0.462 e. The quantitative estimate of drug-likeness (QED) is 0.0345. The minimum absolute atomic E-state index is 0.0882. The Morgan fingerprint density at radius 3 is 0.912 bits per heavy atom. The first kappa shape index (κ1) is 66.4. The molecule has 0 radical (unpaired) electrons. The van der Waals surface area contributed by atoms with Crippen LogP contribution in [0.4, 0.5) is 0 Å². The fourth-order valence-electron chi connectivity index (χ4n) is 9.33. The van der Waals surface area contributed by atoms with Gasteiger partial charge in [0.2, 0.25) is 0 Å². The average Bonchev–Trinajstić information content (AvgIpc) is 3.34. The van der Waals surface area contributed by atoms with Crippen LogP contribution in [0.5, 0.6) is 0 Å². The lowest BCUT2D eigenvalue weighted by Gasteiger charge is -2.18. The van der Waals surface area contributed by atoms with Crippen LogP contribution >= 0.6 is 0 Å². The highest BCUT2D eigenvalue weighted by Crippen LogP contribution is 2.17. The van der Waals surface area contributed by atoms with Crippen molar-refractivity contribution in [3.8, 4) is 0 Å². The molecule has 0 bridgehead atoms. The zero-order valence-corrected chi connectivity index (χ0v) is 46.4. The van der Waals surface area contributed by atoms with Crippen molar-refractivity contribution in [1.29, 1.82) is 0 Å². The summed E-state index contributed by atoms with van der Waals surface area (Å²) in [5.74, 6) is -0.386. The Morgan fingerprint density at radius 1 is 0.309 bits per heavy atom. The highest BCUT2D eigenvalue weighted by molar-refractivity contribution is 5.70. The van der Waals surface area contributed by atoms with Crippen molar-refractivity contribution >= 4 is 11.9 Å². The van der Waals surface area contributed by atoms with E-state index in [0.717, 1.165) is 44.9 Å². The number of carbonyl (C=O) groups excluding carboxylic acids is 2. The van der Waals surface area contributed by atoms with Crippen LogP contribution in [-0.2, 0) is 23.8 Å². The molecule has 0 aromatic carbocycles. The Hall–Kier alpha value is -1.62. The van der Waals surface area contributed by atoms with Gasteiger partial charge < -0.3 is 14.2 Å². The Balaban J connectivity index is 4.18. The molecule has 0 aromatic heterocycles. The summed E-state index contributed by atoms with van der Waals surface area (Å²) in [6.07, 6.45) is 72.1. The lowest BCUT2D eigenvalue weighted by molar-refractivity contribution is -0.163. The highest BCUT2D eigenvalue weighted by Gasteiger charge is 2.17. The van der Waals surface area contributed by atoms with Gasteiger partial charge in [-0.2, -0.15) is 0 Å². The third-order valence-electron chi connectivity index (χ3n) is 14.0. The van der Waals surface area contributed by atoms with E-state index in [9.17, 15) is 9.59 Å². The van der Waals surface area contributed by atoms with E-state index in [4.69, 9.17) is 14.2 Å². The Morgan fingerprint density at radius 2 is 0.574 bits per heavy atom. The number of ether oxygens (including phenoxy) is 3. The summed E-state index contributed by atoms with van der Waals surface area (Å²) in [4.78, 5) is 25.5. The molecule has 0 N–H and O–H groups in total. The monoisotopic (exact) mass is 957 g/mol. The van der Waals surface area contributed by atoms with Gasteiger partial charge in [0, 0.05) is 19.4 Å². The molecule has 0 amide bonds. The highest BCUT2D eigenvalue weighted by atomic mass is 16.6. The number of esters is 2. The molecule has 0 rings (SSSR count). The SMILES string of the molecule is CCCCCC/C=C\CCCCCCCC(=O)OC(COCCCCCCCCCCCCCCCCCCCCCC)COC(=O)CCCCCCCCCCC/C=C\CCCCCCCC. The van der Waals surface area contributed by atoms with E-state index >= 15 is 0 Å². The van der Waals surface area contributed by atoms with Crippen LogP contribution in [0.2, 0.25) is 0 Å². The molecule has 0 heterocycles. The molecule has 0 aliphatic heterocycles. The van der Waals surface area contributed by atoms with Gasteiger partial charge in [0.15, 0.2) is 6.10 Å². The van der Waals surface area contributed by atoms with Crippen LogP contribution in [0, 0.1) is 0 Å². The standard InChI is InChI=1S/C63H120O5/c1-4-7-10-13-16-19-22-25-27-29-31-33-35-37-40-43-46-49-52-55-58-66-59-61(68-63(65)57-54-51-48-45-42-38-24-21-18-15-12-9-6-3)60-67-62(64)56-53-50-47-44-41-39-36-34-32-30-28-26-23-20-17-14-11-8-5-2/h21,24,26,28,61H,4-20,22-23,25,27,29-60H2,1-3H3/b24-21-,28-26-. The number of rotatable bonds is 58. The van der Waals surface area contributed by atoms with Gasteiger partial charge in [0.1, 0.15) is 6.61 Å². The fourth-order valence-corrected chi connectivity index (χ4v) is 9.33. The second-order valence-corrected chi connectivity index (χ2v) is 21.0. The average molecular weight is 958 g/mol. The summed E-state index contributed by atoms with van der Waals surface area (Å²) in [7, 11) is 0. The summed E-state index contributed by atoms with van der Waals surface area (Å²) < 4.78 is 17.5. The number of carbonyl (C=O) groups is 2. The molecule has 1 unspecified atom stereocenters. The predicted octanol–water partition coefficient (Wildman–Crippen LogP) is 21.1. The van der Waals surface area contributed by atoms with Gasteiger partial charge in [0.25, 0.3) is 0 Å². The predicted molar refractivity (Wildman–Crippen MR) is 298 cm³/mol. The van der Waals surface area contributed by atoms with Crippen LogP contribution in [0.25, 0.3) is 0 Å². The molecule has 68 heavy (non-hydrogen) atoms. The topological polar surface area (TPSA) is 61.8 Å². The zero-order chi connectivity index (χ0) is 49.2. The van der Waals surface area contributed by atoms with Gasteiger partial charge >= 0.3 is 11.9 Å². The number of allylic oxidation sites excluding steroid dienone is 4. The molecule has 1 atom stereocenters. The molecule has 0 aliphatic rings. The fraction of sp³-hybridized carbons (Fsp3) is 0.905. The second kappa shape index (κ2) is 59.7. The maximum absolute atomic E-state index is 12.9. The van der Waals surface area contributed by atoms with Crippen molar-refractivity contribution in [2.75, 3.05) is 19.8 Å². The lowest BCUT2D eigenvalue weighted by Crippen LogP contribution is -2.30. The molecule has 0 fully saturated rings. The smallest absolute Gasteiger partial charge is 0.306 e.